The first-order chi connectivity index (χ1) is 13.3. The van der Waals surface area contributed by atoms with Gasteiger partial charge in [-0.1, -0.05) is 0 Å². The van der Waals surface area contributed by atoms with Gasteiger partial charge in [-0.2, -0.15) is 0 Å². The molecule has 1 aromatic rings. The summed E-state index contributed by atoms with van der Waals surface area (Å²) in [6.07, 6.45) is 5.72. The SMILES string of the molecule is COC(=O)c1ccc(NC(=O)CNC(=O)C23C[C@@H]4C[C@@H](CC(Cl)(C4)C2)C3)cc1. The number of carbonyl (C=O) groups excluding carboxylic acids is 3. The molecule has 5 rings (SSSR count). The van der Waals surface area contributed by atoms with Crippen molar-refractivity contribution in [2.24, 2.45) is 17.3 Å². The zero-order chi connectivity index (χ0) is 19.9. The Hall–Kier alpha value is -2.08. The average molecular weight is 405 g/mol. The van der Waals surface area contributed by atoms with Gasteiger partial charge in [-0.25, -0.2) is 4.79 Å². The molecule has 28 heavy (non-hydrogen) atoms. The summed E-state index contributed by atoms with van der Waals surface area (Å²) >= 11 is 6.79. The topological polar surface area (TPSA) is 84.5 Å². The van der Waals surface area contributed by atoms with E-state index in [-0.39, 0.29) is 23.2 Å². The number of rotatable bonds is 5. The van der Waals surface area contributed by atoms with Crippen molar-refractivity contribution in [3.05, 3.63) is 29.8 Å². The second-order valence-corrected chi connectivity index (χ2v) is 9.49. The van der Waals surface area contributed by atoms with E-state index in [0.29, 0.717) is 23.1 Å². The van der Waals surface area contributed by atoms with Crippen LogP contribution in [0.2, 0.25) is 0 Å². The van der Waals surface area contributed by atoms with E-state index < -0.39 is 11.4 Å². The van der Waals surface area contributed by atoms with Gasteiger partial charge in [0.2, 0.25) is 11.8 Å². The third kappa shape index (κ3) is 3.62. The van der Waals surface area contributed by atoms with Crippen molar-refractivity contribution >= 4 is 35.1 Å². The van der Waals surface area contributed by atoms with Crippen LogP contribution < -0.4 is 10.6 Å². The number of ether oxygens (including phenoxy) is 1. The Balaban J connectivity index is 1.32. The lowest BCUT2D eigenvalue weighted by atomic mass is 9.49. The van der Waals surface area contributed by atoms with E-state index >= 15 is 0 Å². The highest BCUT2D eigenvalue weighted by Gasteiger charge is 2.60. The molecule has 4 aliphatic rings. The Morgan fingerprint density at radius 1 is 1.11 bits per heavy atom. The summed E-state index contributed by atoms with van der Waals surface area (Å²) in [5.74, 6) is 0.295. The molecule has 0 aliphatic heterocycles. The molecule has 2 unspecified atom stereocenters. The fourth-order valence-corrected chi connectivity index (χ4v) is 6.47. The van der Waals surface area contributed by atoms with Crippen molar-refractivity contribution in [3.8, 4) is 0 Å². The van der Waals surface area contributed by atoms with Crippen molar-refractivity contribution in [1.82, 2.24) is 5.32 Å². The molecule has 0 radical (unpaired) electrons. The van der Waals surface area contributed by atoms with Crippen LogP contribution in [0, 0.1) is 17.3 Å². The first-order valence-corrected chi connectivity index (χ1v) is 10.1. The molecule has 2 N–H and O–H groups in total. The molecule has 4 saturated carbocycles. The third-order valence-electron chi connectivity index (χ3n) is 6.47. The molecule has 4 aliphatic carbocycles. The van der Waals surface area contributed by atoms with Crippen LogP contribution in [-0.4, -0.2) is 36.3 Å². The molecule has 150 valence electrons. The average Bonchev–Trinajstić information content (AvgIpc) is 2.64. The van der Waals surface area contributed by atoms with Crippen molar-refractivity contribution in [2.75, 3.05) is 19.0 Å². The number of methoxy groups -OCH3 is 1. The van der Waals surface area contributed by atoms with E-state index in [1.165, 1.54) is 13.5 Å². The maximum Gasteiger partial charge on any atom is 0.337 e. The van der Waals surface area contributed by atoms with Crippen LogP contribution in [0.15, 0.2) is 24.3 Å². The first kappa shape index (κ1) is 19.2. The van der Waals surface area contributed by atoms with E-state index in [1.54, 1.807) is 24.3 Å². The summed E-state index contributed by atoms with van der Waals surface area (Å²) in [5, 5.41) is 5.56. The lowest BCUT2D eigenvalue weighted by Gasteiger charge is -2.59. The summed E-state index contributed by atoms with van der Waals surface area (Å²) < 4.78 is 4.65. The second kappa shape index (κ2) is 7.07. The number of anilines is 1. The zero-order valence-electron chi connectivity index (χ0n) is 15.9. The molecule has 4 bridgehead atoms. The monoisotopic (exact) mass is 404 g/mol. The van der Waals surface area contributed by atoms with Crippen molar-refractivity contribution in [3.63, 3.8) is 0 Å². The van der Waals surface area contributed by atoms with Gasteiger partial charge in [0, 0.05) is 10.6 Å². The molecule has 2 amide bonds. The summed E-state index contributed by atoms with van der Waals surface area (Å²) in [5.41, 5.74) is 0.556. The minimum atomic E-state index is -0.433. The number of amides is 2. The van der Waals surface area contributed by atoms with Crippen LogP contribution in [0.5, 0.6) is 0 Å². The van der Waals surface area contributed by atoms with Gasteiger partial charge in [0.15, 0.2) is 0 Å². The summed E-state index contributed by atoms with van der Waals surface area (Å²) in [6, 6.07) is 6.41. The van der Waals surface area contributed by atoms with E-state index in [9.17, 15) is 14.4 Å². The fourth-order valence-electron chi connectivity index (χ4n) is 5.78. The standard InChI is InChI=1S/C21H25ClN2O4/c1-28-18(26)15-2-4-16(5-3-15)24-17(25)11-23-19(27)20-7-13-6-14(8-20)10-21(22,9-13)12-20/h2-5,13-14H,6-12H2,1H3,(H,23,27)(H,24,25)/t13-,14+,20?,21?. The highest BCUT2D eigenvalue weighted by Crippen LogP contribution is 2.63. The predicted octanol–water partition coefficient (Wildman–Crippen LogP) is 3.11. The van der Waals surface area contributed by atoms with E-state index in [0.717, 1.165) is 32.1 Å². The number of benzene rings is 1. The molecule has 4 fully saturated rings. The molecule has 6 nitrogen and oxygen atoms in total. The predicted molar refractivity (Wildman–Crippen MR) is 105 cm³/mol. The molecule has 0 saturated heterocycles. The fraction of sp³-hybridized carbons (Fsp3) is 0.571. The van der Waals surface area contributed by atoms with Crippen molar-refractivity contribution in [2.45, 2.75) is 43.4 Å². The van der Waals surface area contributed by atoms with Crippen LogP contribution in [0.25, 0.3) is 0 Å². The zero-order valence-corrected chi connectivity index (χ0v) is 16.7. The van der Waals surface area contributed by atoms with Gasteiger partial charge in [0.1, 0.15) is 0 Å². The number of esters is 1. The number of hydrogen-bond acceptors (Lipinski definition) is 4. The Morgan fingerprint density at radius 3 is 2.32 bits per heavy atom. The van der Waals surface area contributed by atoms with Crippen LogP contribution in [0.4, 0.5) is 5.69 Å². The lowest BCUT2D eigenvalue weighted by Crippen LogP contribution is -2.58. The van der Waals surface area contributed by atoms with Gasteiger partial charge in [0.25, 0.3) is 0 Å². The number of carbonyl (C=O) groups is 3. The number of halogens is 1. The quantitative estimate of drug-likeness (QED) is 0.583. The number of alkyl halides is 1. The first-order valence-electron chi connectivity index (χ1n) is 9.76. The summed E-state index contributed by atoms with van der Waals surface area (Å²) in [4.78, 5) is 36.4. The van der Waals surface area contributed by atoms with E-state index in [2.05, 4.69) is 15.4 Å². The molecular formula is C21H25ClN2O4. The van der Waals surface area contributed by atoms with Gasteiger partial charge in [-0.05, 0) is 74.6 Å². The highest BCUT2D eigenvalue weighted by atomic mass is 35.5. The highest BCUT2D eigenvalue weighted by molar-refractivity contribution is 6.24. The lowest BCUT2D eigenvalue weighted by molar-refractivity contribution is -0.145. The molecule has 7 heteroatoms. The minimum Gasteiger partial charge on any atom is -0.465 e. The Labute approximate surface area is 169 Å². The molecule has 0 spiro atoms. The molecule has 4 atom stereocenters. The smallest absolute Gasteiger partial charge is 0.337 e. The minimum absolute atomic E-state index is 0.0391. The van der Waals surface area contributed by atoms with Crippen LogP contribution in [0.1, 0.15) is 48.9 Å². The van der Waals surface area contributed by atoms with Crippen LogP contribution in [0.3, 0.4) is 0 Å². The van der Waals surface area contributed by atoms with E-state index in [4.69, 9.17) is 11.6 Å². The van der Waals surface area contributed by atoms with Crippen LogP contribution >= 0.6 is 11.6 Å². The van der Waals surface area contributed by atoms with Gasteiger partial charge in [-0.3, -0.25) is 9.59 Å². The molecule has 0 aromatic heterocycles. The van der Waals surface area contributed by atoms with Gasteiger partial charge in [0.05, 0.1) is 24.6 Å². The summed E-state index contributed by atoms with van der Waals surface area (Å²) in [7, 11) is 1.32. The largest absolute Gasteiger partial charge is 0.465 e. The Kier molecular flexibility index (Phi) is 4.86. The molecule has 0 heterocycles. The number of nitrogens with one attached hydrogen (secondary N) is 2. The van der Waals surface area contributed by atoms with Gasteiger partial charge >= 0.3 is 5.97 Å². The van der Waals surface area contributed by atoms with Gasteiger partial charge < -0.3 is 15.4 Å². The second-order valence-electron chi connectivity index (χ2n) is 8.69. The Bertz CT molecular complexity index is 793. The van der Waals surface area contributed by atoms with Crippen molar-refractivity contribution in [1.29, 1.82) is 0 Å². The number of hydrogen-bond donors (Lipinski definition) is 2. The maximum atomic E-state index is 12.9. The normalized spacial score (nSPS) is 32.6. The molecular weight excluding hydrogens is 380 g/mol. The van der Waals surface area contributed by atoms with Crippen molar-refractivity contribution < 1.29 is 19.1 Å². The van der Waals surface area contributed by atoms with Crippen LogP contribution in [-0.2, 0) is 14.3 Å². The maximum absolute atomic E-state index is 12.9. The van der Waals surface area contributed by atoms with E-state index in [1.807, 2.05) is 0 Å². The molecule has 1 aromatic carbocycles. The summed E-state index contributed by atoms with van der Waals surface area (Å²) in [6.45, 7) is -0.0794. The third-order valence-corrected chi connectivity index (χ3v) is 6.91. The van der Waals surface area contributed by atoms with Gasteiger partial charge in [-0.15, -0.1) is 11.6 Å². The Morgan fingerprint density at radius 2 is 1.75 bits per heavy atom.